The third-order valence-corrected chi connectivity index (χ3v) is 2.84. The molecule has 0 bridgehead atoms. The highest BCUT2D eigenvalue weighted by molar-refractivity contribution is 7.90. The van der Waals surface area contributed by atoms with E-state index in [1.54, 1.807) is 6.08 Å². The lowest BCUT2D eigenvalue weighted by Crippen LogP contribution is -1.98. The zero-order valence-electron chi connectivity index (χ0n) is 9.33. The molecule has 14 heavy (non-hydrogen) atoms. The molecule has 0 aliphatic heterocycles. The van der Waals surface area contributed by atoms with Gasteiger partial charge in [-0.1, -0.05) is 44.8 Å². The molecule has 0 aromatic heterocycles. The molecule has 2 nitrogen and oxygen atoms in total. The van der Waals surface area contributed by atoms with Gasteiger partial charge in [-0.05, 0) is 12.8 Å². The smallest absolute Gasteiger partial charge is 0.150 e. The number of hydrogen-bond acceptors (Lipinski definition) is 2. The lowest BCUT2D eigenvalue weighted by Gasteiger charge is -1.96. The molecule has 0 heterocycles. The van der Waals surface area contributed by atoms with Crippen LogP contribution in [0.3, 0.4) is 0 Å². The molecule has 0 unspecified atom stereocenters. The van der Waals surface area contributed by atoms with Crippen molar-refractivity contribution in [1.82, 2.24) is 0 Å². The molecule has 0 amide bonds. The van der Waals surface area contributed by atoms with Crippen molar-refractivity contribution in [3.63, 3.8) is 0 Å². The van der Waals surface area contributed by atoms with E-state index in [-0.39, 0.29) is 5.75 Å². The summed E-state index contributed by atoms with van der Waals surface area (Å²) in [6, 6.07) is 0. The Morgan fingerprint density at radius 2 is 1.64 bits per heavy atom. The van der Waals surface area contributed by atoms with E-state index in [0.717, 1.165) is 6.42 Å². The molecule has 0 aliphatic rings. The first-order valence-electron chi connectivity index (χ1n) is 5.39. The Balaban J connectivity index is 3.28. The van der Waals surface area contributed by atoms with Crippen molar-refractivity contribution >= 4 is 9.84 Å². The number of hydrogen-bond donors (Lipinski definition) is 0. The molecule has 0 aromatic carbocycles. The van der Waals surface area contributed by atoms with E-state index in [4.69, 9.17) is 0 Å². The molecule has 0 N–H and O–H groups in total. The Labute approximate surface area is 88.3 Å². The molecular formula is C11H22O2S. The van der Waals surface area contributed by atoms with Crippen molar-refractivity contribution in [2.24, 2.45) is 0 Å². The van der Waals surface area contributed by atoms with Crippen LogP contribution in [0, 0.1) is 0 Å². The van der Waals surface area contributed by atoms with Crippen LogP contribution in [0.4, 0.5) is 0 Å². The van der Waals surface area contributed by atoms with E-state index in [0.29, 0.717) is 0 Å². The van der Waals surface area contributed by atoms with E-state index < -0.39 is 9.84 Å². The SMILES string of the molecule is CCCCCCCC=CCS(C)(=O)=O. The van der Waals surface area contributed by atoms with Crippen LogP contribution in [0.15, 0.2) is 12.2 Å². The molecule has 0 atom stereocenters. The Morgan fingerprint density at radius 1 is 1.00 bits per heavy atom. The largest absolute Gasteiger partial charge is 0.229 e. The van der Waals surface area contributed by atoms with Crippen molar-refractivity contribution in [3.8, 4) is 0 Å². The second-order valence-corrected chi connectivity index (χ2v) is 5.95. The van der Waals surface area contributed by atoms with Gasteiger partial charge in [-0.3, -0.25) is 0 Å². The van der Waals surface area contributed by atoms with Gasteiger partial charge in [0.2, 0.25) is 0 Å². The fourth-order valence-corrected chi connectivity index (χ4v) is 1.71. The van der Waals surface area contributed by atoms with Crippen molar-refractivity contribution in [2.75, 3.05) is 12.0 Å². The average molecular weight is 218 g/mol. The summed E-state index contributed by atoms with van der Waals surface area (Å²) in [4.78, 5) is 0. The molecule has 0 spiro atoms. The summed E-state index contributed by atoms with van der Waals surface area (Å²) in [7, 11) is -2.81. The van der Waals surface area contributed by atoms with E-state index in [9.17, 15) is 8.42 Å². The van der Waals surface area contributed by atoms with Crippen molar-refractivity contribution in [2.45, 2.75) is 45.4 Å². The molecule has 3 heteroatoms. The quantitative estimate of drug-likeness (QED) is 0.463. The monoisotopic (exact) mass is 218 g/mol. The van der Waals surface area contributed by atoms with Crippen LogP contribution >= 0.6 is 0 Å². The number of sulfone groups is 1. The van der Waals surface area contributed by atoms with Crippen LogP contribution in [0.1, 0.15) is 45.4 Å². The van der Waals surface area contributed by atoms with Gasteiger partial charge in [-0.25, -0.2) is 8.42 Å². The van der Waals surface area contributed by atoms with Gasteiger partial charge >= 0.3 is 0 Å². The van der Waals surface area contributed by atoms with Crippen molar-refractivity contribution < 1.29 is 8.42 Å². The fraction of sp³-hybridized carbons (Fsp3) is 0.818. The van der Waals surface area contributed by atoms with E-state index >= 15 is 0 Å². The minimum absolute atomic E-state index is 0.182. The standard InChI is InChI=1S/C11H22O2S/c1-3-4-5-6-7-8-9-10-11-14(2,12)13/h9-10H,3-8,11H2,1-2H3. The first-order chi connectivity index (χ1) is 6.56. The number of rotatable bonds is 8. The van der Waals surface area contributed by atoms with Gasteiger partial charge in [0.25, 0.3) is 0 Å². The summed E-state index contributed by atoms with van der Waals surface area (Å²) in [5.74, 6) is 0.182. The highest BCUT2D eigenvalue weighted by Crippen LogP contribution is 2.05. The Kier molecular flexibility index (Phi) is 7.86. The molecule has 0 aliphatic carbocycles. The molecule has 0 saturated heterocycles. The van der Waals surface area contributed by atoms with Gasteiger partial charge in [0.1, 0.15) is 0 Å². The highest BCUT2D eigenvalue weighted by Gasteiger charge is 1.95. The van der Waals surface area contributed by atoms with Crippen LogP contribution in [0.5, 0.6) is 0 Å². The molecule has 0 rings (SSSR count). The maximum atomic E-state index is 10.8. The average Bonchev–Trinajstić information content (AvgIpc) is 2.08. The minimum atomic E-state index is -2.81. The molecule has 0 aromatic rings. The fourth-order valence-electron chi connectivity index (χ4n) is 1.23. The molecule has 84 valence electrons. The van der Waals surface area contributed by atoms with Crippen molar-refractivity contribution in [1.29, 1.82) is 0 Å². The first kappa shape index (κ1) is 13.7. The third kappa shape index (κ3) is 11.7. The summed E-state index contributed by atoms with van der Waals surface area (Å²) in [6.45, 7) is 2.20. The number of allylic oxidation sites excluding steroid dienone is 1. The Bertz CT molecular complexity index is 240. The van der Waals surface area contributed by atoms with E-state index in [1.807, 2.05) is 6.08 Å². The summed E-state index contributed by atoms with van der Waals surface area (Å²) in [6.07, 6.45) is 12.3. The Morgan fingerprint density at radius 3 is 2.21 bits per heavy atom. The van der Waals surface area contributed by atoms with Gasteiger partial charge in [0.05, 0.1) is 5.75 Å². The summed E-state index contributed by atoms with van der Waals surface area (Å²) in [5.41, 5.74) is 0. The molecule has 0 saturated carbocycles. The maximum absolute atomic E-state index is 10.8. The van der Waals surface area contributed by atoms with Crippen LogP contribution in [0.2, 0.25) is 0 Å². The maximum Gasteiger partial charge on any atom is 0.150 e. The van der Waals surface area contributed by atoms with Gasteiger partial charge < -0.3 is 0 Å². The van der Waals surface area contributed by atoms with E-state index in [1.165, 1.54) is 38.4 Å². The third-order valence-electron chi connectivity index (χ3n) is 2.04. The van der Waals surface area contributed by atoms with Crippen LogP contribution in [-0.4, -0.2) is 20.4 Å². The predicted octanol–water partition coefficient (Wildman–Crippen LogP) is 2.95. The molecule has 0 radical (unpaired) electrons. The second kappa shape index (κ2) is 8.04. The van der Waals surface area contributed by atoms with Crippen LogP contribution in [0.25, 0.3) is 0 Å². The summed E-state index contributed by atoms with van der Waals surface area (Å²) >= 11 is 0. The lowest BCUT2D eigenvalue weighted by molar-refractivity contribution is 0.604. The summed E-state index contributed by atoms with van der Waals surface area (Å²) < 4.78 is 21.5. The zero-order valence-corrected chi connectivity index (χ0v) is 10.1. The lowest BCUT2D eigenvalue weighted by atomic mass is 10.1. The second-order valence-electron chi connectivity index (χ2n) is 3.77. The molecular weight excluding hydrogens is 196 g/mol. The van der Waals surface area contributed by atoms with Gasteiger partial charge in [-0.15, -0.1) is 0 Å². The van der Waals surface area contributed by atoms with E-state index in [2.05, 4.69) is 6.92 Å². The minimum Gasteiger partial charge on any atom is -0.229 e. The zero-order chi connectivity index (χ0) is 10.9. The topological polar surface area (TPSA) is 34.1 Å². The predicted molar refractivity (Wildman–Crippen MR) is 62.2 cm³/mol. The normalized spacial score (nSPS) is 12.4. The first-order valence-corrected chi connectivity index (χ1v) is 7.45. The summed E-state index contributed by atoms with van der Waals surface area (Å²) in [5, 5.41) is 0. The number of unbranched alkanes of at least 4 members (excludes halogenated alkanes) is 5. The van der Waals surface area contributed by atoms with Crippen LogP contribution in [-0.2, 0) is 9.84 Å². The van der Waals surface area contributed by atoms with Gasteiger partial charge in [-0.2, -0.15) is 0 Å². The van der Waals surface area contributed by atoms with Gasteiger partial charge in [0.15, 0.2) is 9.84 Å². The van der Waals surface area contributed by atoms with Gasteiger partial charge in [0, 0.05) is 6.26 Å². The van der Waals surface area contributed by atoms with Crippen molar-refractivity contribution in [3.05, 3.63) is 12.2 Å². The highest BCUT2D eigenvalue weighted by atomic mass is 32.2. The van der Waals surface area contributed by atoms with Crippen LogP contribution < -0.4 is 0 Å². The molecule has 0 fully saturated rings. The Hall–Kier alpha value is -0.310.